The Labute approximate surface area is 144 Å². The third kappa shape index (κ3) is 3.51. The van der Waals surface area contributed by atoms with Crippen LogP contribution in [0.4, 0.5) is 11.4 Å². The van der Waals surface area contributed by atoms with Gasteiger partial charge in [-0.25, -0.2) is 0 Å². The van der Waals surface area contributed by atoms with E-state index in [9.17, 15) is 9.59 Å². The molecule has 0 spiro atoms. The minimum absolute atomic E-state index is 0.0252. The fraction of sp³-hybridized carbons (Fsp3) is 0.312. The van der Waals surface area contributed by atoms with Crippen LogP contribution in [0.1, 0.15) is 13.0 Å². The molecule has 0 radical (unpaired) electrons. The number of benzene rings is 1. The molecule has 2 N–H and O–H groups in total. The number of anilines is 2. The fourth-order valence-electron chi connectivity index (χ4n) is 2.56. The first-order valence-electron chi connectivity index (χ1n) is 7.66. The second-order valence-corrected chi connectivity index (χ2v) is 6.00. The number of hydrogen-bond donors (Lipinski definition) is 2. The zero-order valence-electron chi connectivity index (χ0n) is 13.2. The lowest BCUT2D eigenvalue weighted by molar-refractivity contribution is -0.120. The van der Waals surface area contributed by atoms with Crippen LogP contribution in [0, 0.1) is 0 Å². The molecule has 1 atom stereocenters. The van der Waals surface area contributed by atoms with Crippen LogP contribution in [-0.2, 0) is 9.59 Å². The van der Waals surface area contributed by atoms with E-state index in [2.05, 4.69) is 15.7 Å². The third-order valence-electron chi connectivity index (χ3n) is 3.90. The van der Waals surface area contributed by atoms with Gasteiger partial charge in [0.1, 0.15) is 6.04 Å². The van der Waals surface area contributed by atoms with E-state index in [1.165, 1.54) is 0 Å². The van der Waals surface area contributed by atoms with Crippen molar-refractivity contribution in [1.29, 1.82) is 0 Å². The van der Waals surface area contributed by atoms with E-state index in [4.69, 9.17) is 11.6 Å². The van der Waals surface area contributed by atoms with Crippen molar-refractivity contribution in [2.45, 2.75) is 13.0 Å². The average molecular weight is 348 g/mol. The quantitative estimate of drug-likeness (QED) is 0.881. The van der Waals surface area contributed by atoms with Gasteiger partial charge < -0.3 is 15.5 Å². The van der Waals surface area contributed by atoms with Gasteiger partial charge in [0.15, 0.2) is 0 Å². The van der Waals surface area contributed by atoms with Crippen LogP contribution in [0.25, 0.3) is 0 Å². The summed E-state index contributed by atoms with van der Waals surface area (Å²) in [6.45, 7) is 3.34. The Bertz CT molecular complexity index is 747. The summed E-state index contributed by atoms with van der Waals surface area (Å²) in [6.07, 6.45) is 3.37. The lowest BCUT2D eigenvalue weighted by Crippen LogP contribution is -2.47. The number of aromatic nitrogens is 2. The Balaban J connectivity index is 1.70. The topological polar surface area (TPSA) is 79.3 Å². The Hall–Kier alpha value is -2.54. The molecule has 0 bridgehead atoms. The first kappa shape index (κ1) is 16.3. The predicted octanol–water partition coefficient (Wildman–Crippen LogP) is 1.67. The molecule has 7 nitrogen and oxygen atoms in total. The molecule has 1 saturated heterocycles. The average Bonchev–Trinajstić information content (AvgIpc) is 3.08. The van der Waals surface area contributed by atoms with Gasteiger partial charge in [-0.15, -0.1) is 0 Å². The highest BCUT2D eigenvalue weighted by Crippen LogP contribution is 2.29. The van der Waals surface area contributed by atoms with Crippen molar-refractivity contribution < 1.29 is 9.59 Å². The normalized spacial score (nSPS) is 15.8. The molecule has 1 aromatic heterocycles. The zero-order chi connectivity index (χ0) is 17.1. The molecule has 1 fully saturated rings. The van der Waals surface area contributed by atoms with Gasteiger partial charge in [0.05, 0.1) is 17.3 Å². The first-order chi connectivity index (χ1) is 11.5. The Kier molecular flexibility index (Phi) is 4.71. The Morgan fingerprint density at radius 1 is 1.46 bits per heavy atom. The lowest BCUT2D eigenvalue weighted by Gasteiger charge is -2.29. The lowest BCUT2D eigenvalue weighted by atomic mass is 10.2. The van der Waals surface area contributed by atoms with Crippen molar-refractivity contribution in [3.05, 3.63) is 41.7 Å². The minimum atomic E-state index is -0.427. The summed E-state index contributed by atoms with van der Waals surface area (Å²) in [7, 11) is 0. The van der Waals surface area contributed by atoms with E-state index in [1.54, 1.807) is 42.2 Å². The third-order valence-corrected chi connectivity index (χ3v) is 4.20. The standard InChI is InChI=1S/C16H18ClN5O2/c1-11(22-7-2-5-19-22)16(24)20-12-3-4-14(13(17)9-12)21-8-6-18-15(23)10-21/h2-5,7,9,11H,6,8,10H2,1H3,(H,18,23)(H,20,24)/t11-/m1/s1. The van der Waals surface area contributed by atoms with Crippen LogP contribution in [0.3, 0.4) is 0 Å². The molecular weight excluding hydrogens is 330 g/mol. The van der Waals surface area contributed by atoms with Gasteiger partial charge in [0.2, 0.25) is 11.8 Å². The summed E-state index contributed by atoms with van der Waals surface area (Å²) in [6, 6.07) is 6.63. The van der Waals surface area contributed by atoms with Gasteiger partial charge >= 0.3 is 0 Å². The van der Waals surface area contributed by atoms with E-state index in [0.717, 1.165) is 5.69 Å². The van der Waals surface area contributed by atoms with Crippen molar-refractivity contribution >= 4 is 34.8 Å². The van der Waals surface area contributed by atoms with Crippen molar-refractivity contribution in [2.75, 3.05) is 29.9 Å². The monoisotopic (exact) mass is 347 g/mol. The molecule has 2 heterocycles. The molecule has 24 heavy (non-hydrogen) atoms. The van der Waals surface area contributed by atoms with Gasteiger partial charge in [0, 0.05) is 31.2 Å². The van der Waals surface area contributed by atoms with E-state index >= 15 is 0 Å². The van der Waals surface area contributed by atoms with Crippen molar-refractivity contribution in [1.82, 2.24) is 15.1 Å². The number of carbonyl (C=O) groups excluding carboxylic acids is 2. The number of nitrogens with zero attached hydrogens (tertiary/aromatic N) is 3. The Morgan fingerprint density at radius 2 is 2.29 bits per heavy atom. The number of carbonyl (C=O) groups is 2. The highest BCUT2D eigenvalue weighted by molar-refractivity contribution is 6.33. The molecule has 1 aliphatic heterocycles. The maximum Gasteiger partial charge on any atom is 0.248 e. The number of hydrogen-bond acceptors (Lipinski definition) is 4. The number of rotatable bonds is 4. The van der Waals surface area contributed by atoms with Gasteiger partial charge in [0.25, 0.3) is 0 Å². The highest BCUT2D eigenvalue weighted by Gasteiger charge is 2.20. The summed E-state index contributed by atoms with van der Waals surface area (Å²) in [5.74, 6) is -0.206. The number of amides is 2. The van der Waals surface area contributed by atoms with Crippen LogP contribution >= 0.6 is 11.6 Å². The molecule has 1 aliphatic rings. The summed E-state index contributed by atoms with van der Waals surface area (Å²) in [5.41, 5.74) is 1.39. The largest absolute Gasteiger partial charge is 0.359 e. The van der Waals surface area contributed by atoms with Gasteiger partial charge in [-0.1, -0.05) is 11.6 Å². The minimum Gasteiger partial charge on any atom is -0.359 e. The van der Waals surface area contributed by atoms with Crippen LogP contribution < -0.4 is 15.5 Å². The van der Waals surface area contributed by atoms with Crippen LogP contribution in [-0.4, -0.2) is 41.2 Å². The van der Waals surface area contributed by atoms with Crippen molar-refractivity contribution in [3.8, 4) is 0 Å². The SMILES string of the molecule is C[C@H](C(=O)Nc1ccc(N2CCNC(=O)C2)c(Cl)c1)n1cccn1. The second-order valence-electron chi connectivity index (χ2n) is 5.59. The molecular formula is C16H18ClN5O2. The summed E-state index contributed by atoms with van der Waals surface area (Å²) in [4.78, 5) is 25.7. The van der Waals surface area contributed by atoms with E-state index in [1.807, 2.05) is 11.0 Å². The molecule has 0 unspecified atom stereocenters. The van der Waals surface area contributed by atoms with E-state index in [0.29, 0.717) is 23.8 Å². The maximum atomic E-state index is 12.3. The number of piperazine rings is 1. The second kappa shape index (κ2) is 6.92. The van der Waals surface area contributed by atoms with Gasteiger partial charge in [-0.2, -0.15) is 5.10 Å². The molecule has 0 aliphatic carbocycles. The predicted molar refractivity (Wildman–Crippen MR) is 92.2 cm³/mol. The molecule has 2 amide bonds. The molecule has 1 aromatic carbocycles. The number of halogens is 1. The summed E-state index contributed by atoms with van der Waals surface area (Å²) < 4.78 is 1.58. The molecule has 2 aromatic rings. The first-order valence-corrected chi connectivity index (χ1v) is 8.03. The van der Waals surface area contributed by atoms with Crippen LogP contribution in [0.2, 0.25) is 5.02 Å². The molecule has 3 rings (SSSR count). The molecule has 0 saturated carbocycles. The van der Waals surface area contributed by atoms with Crippen LogP contribution in [0.15, 0.2) is 36.7 Å². The molecule has 8 heteroatoms. The van der Waals surface area contributed by atoms with Crippen molar-refractivity contribution in [3.63, 3.8) is 0 Å². The zero-order valence-corrected chi connectivity index (χ0v) is 14.0. The van der Waals surface area contributed by atoms with Crippen molar-refractivity contribution in [2.24, 2.45) is 0 Å². The van der Waals surface area contributed by atoms with E-state index in [-0.39, 0.29) is 18.4 Å². The number of nitrogens with one attached hydrogen (secondary N) is 2. The van der Waals surface area contributed by atoms with Gasteiger partial charge in [-0.3, -0.25) is 14.3 Å². The van der Waals surface area contributed by atoms with E-state index < -0.39 is 6.04 Å². The molecule has 126 valence electrons. The smallest absolute Gasteiger partial charge is 0.248 e. The summed E-state index contributed by atoms with van der Waals surface area (Å²) in [5, 5.41) is 10.2. The summed E-state index contributed by atoms with van der Waals surface area (Å²) >= 11 is 6.33. The maximum absolute atomic E-state index is 12.3. The fourth-order valence-corrected chi connectivity index (χ4v) is 2.86. The van der Waals surface area contributed by atoms with Gasteiger partial charge in [-0.05, 0) is 31.2 Å². The highest BCUT2D eigenvalue weighted by atomic mass is 35.5. The van der Waals surface area contributed by atoms with Crippen LogP contribution in [0.5, 0.6) is 0 Å². The Morgan fingerprint density at radius 3 is 2.96 bits per heavy atom.